The summed E-state index contributed by atoms with van der Waals surface area (Å²) in [7, 11) is 0. The normalized spacial score (nSPS) is 13.7. The molecule has 4 N–H and O–H groups in total. The number of aliphatic hydroxyl groups is 3. The highest BCUT2D eigenvalue weighted by atomic mass is 16.3. The Kier molecular flexibility index (Phi) is 49.5. The van der Waals surface area contributed by atoms with Crippen molar-refractivity contribution < 1.29 is 20.1 Å². The van der Waals surface area contributed by atoms with Crippen LogP contribution in [0, 0.1) is 0 Å². The molecule has 0 spiro atoms. The molecule has 1 amide bonds. The number of amides is 1. The van der Waals surface area contributed by atoms with Gasteiger partial charge in [0.05, 0.1) is 31.3 Å². The van der Waals surface area contributed by atoms with Gasteiger partial charge in [-0.25, -0.2) is 0 Å². The van der Waals surface area contributed by atoms with Crippen LogP contribution in [0.1, 0.15) is 277 Å². The van der Waals surface area contributed by atoms with Crippen LogP contribution in [0.25, 0.3) is 0 Å². The zero-order valence-corrected chi connectivity index (χ0v) is 40.8. The van der Waals surface area contributed by atoms with Gasteiger partial charge < -0.3 is 20.6 Å². The van der Waals surface area contributed by atoms with E-state index in [0.29, 0.717) is 6.42 Å². The molecular weight excluding hydrogens is 751 g/mol. The minimum absolute atomic E-state index is 0.00600. The highest BCUT2D eigenvalue weighted by molar-refractivity contribution is 5.76. The van der Waals surface area contributed by atoms with Gasteiger partial charge in [0.25, 0.3) is 0 Å². The quantitative estimate of drug-likeness (QED) is 0.0362. The maximum Gasteiger partial charge on any atom is 0.222 e. The third-order valence-corrected chi connectivity index (χ3v) is 12.3. The molecule has 61 heavy (non-hydrogen) atoms. The lowest BCUT2D eigenvalue weighted by Gasteiger charge is -2.21. The van der Waals surface area contributed by atoms with Crippen LogP contribution in [-0.2, 0) is 4.79 Å². The number of hydrogen-bond donors (Lipinski definition) is 4. The molecule has 3 atom stereocenters. The fourth-order valence-corrected chi connectivity index (χ4v) is 8.21. The third kappa shape index (κ3) is 47.6. The summed E-state index contributed by atoms with van der Waals surface area (Å²) in [6.07, 6.45) is 67.2. The summed E-state index contributed by atoms with van der Waals surface area (Å²) in [6.45, 7) is 4.21. The molecule has 0 aromatic carbocycles. The van der Waals surface area contributed by atoms with Crippen molar-refractivity contribution >= 4 is 5.91 Å². The van der Waals surface area contributed by atoms with Gasteiger partial charge >= 0.3 is 0 Å². The Morgan fingerprint density at radius 3 is 1.15 bits per heavy atom. The highest BCUT2D eigenvalue weighted by Crippen LogP contribution is 2.16. The van der Waals surface area contributed by atoms with Crippen molar-refractivity contribution in [3.63, 3.8) is 0 Å². The van der Waals surface area contributed by atoms with Crippen LogP contribution in [0.4, 0.5) is 0 Å². The molecule has 0 aliphatic rings. The molecule has 0 saturated heterocycles. The molecule has 5 nitrogen and oxygen atoms in total. The topological polar surface area (TPSA) is 89.8 Å². The van der Waals surface area contributed by atoms with Gasteiger partial charge in [-0.15, -0.1) is 0 Å². The minimum Gasteiger partial charge on any atom is -0.394 e. The number of carbonyl (C=O) groups is 1. The first-order chi connectivity index (χ1) is 30.0. The second kappa shape index (κ2) is 50.9. The molecular formula is C56H105NO4. The standard InChI is InChI=1S/C56H105NO4/c1-3-5-7-9-11-13-15-17-19-20-21-22-23-24-25-26-27-28-29-30-31-32-33-34-36-37-39-41-43-45-47-49-53(59)51-56(61)57-54(52-58)55(60)50-48-46-44-42-40-38-35-18-16-14-12-10-8-6-4-2/h21-22,24-25,40,42,48,50,53-55,58-60H,3-20,23,26-39,41,43-47,49,51-52H2,1-2H3,(H,57,61)/b22-21-,25-24-,42-40+,50-48+. The molecule has 0 radical (unpaired) electrons. The van der Waals surface area contributed by atoms with E-state index < -0.39 is 18.2 Å². The molecule has 5 heteroatoms. The van der Waals surface area contributed by atoms with Crippen molar-refractivity contribution in [3.05, 3.63) is 48.6 Å². The Hall–Kier alpha value is -1.69. The molecule has 0 aliphatic heterocycles. The summed E-state index contributed by atoms with van der Waals surface area (Å²) in [5.41, 5.74) is 0. The van der Waals surface area contributed by atoms with Crippen LogP contribution in [0.3, 0.4) is 0 Å². The van der Waals surface area contributed by atoms with E-state index in [2.05, 4.69) is 55.6 Å². The van der Waals surface area contributed by atoms with E-state index in [1.54, 1.807) is 6.08 Å². The van der Waals surface area contributed by atoms with Gasteiger partial charge in [0, 0.05) is 0 Å². The summed E-state index contributed by atoms with van der Waals surface area (Å²) >= 11 is 0. The van der Waals surface area contributed by atoms with Gasteiger partial charge in [-0.2, -0.15) is 0 Å². The van der Waals surface area contributed by atoms with E-state index in [9.17, 15) is 20.1 Å². The molecule has 0 fully saturated rings. The number of allylic oxidation sites excluding steroid dienone is 7. The maximum atomic E-state index is 12.5. The van der Waals surface area contributed by atoms with Crippen LogP contribution in [-0.4, -0.2) is 46.1 Å². The van der Waals surface area contributed by atoms with Crippen LogP contribution >= 0.6 is 0 Å². The Balaban J connectivity index is 3.57. The molecule has 0 heterocycles. The summed E-state index contributed by atoms with van der Waals surface area (Å²) in [5.74, 6) is -0.324. The van der Waals surface area contributed by atoms with E-state index in [0.717, 1.165) is 38.5 Å². The average Bonchev–Trinajstić information content (AvgIpc) is 3.25. The number of hydrogen-bond acceptors (Lipinski definition) is 4. The summed E-state index contributed by atoms with van der Waals surface area (Å²) in [6, 6.07) is -0.761. The van der Waals surface area contributed by atoms with E-state index in [1.165, 1.54) is 212 Å². The summed E-state index contributed by atoms with van der Waals surface area (Å²) < 4.78 is 0. The molecule has 3 unspecified atom stereocenters. The Morgan fingerprint density at radius 2 is 0.754 bits per heavy atom. The number of carbonyl (C=O) groups excluding carboxylic acids is 1. The molecule has 0 saturated carbocycles. The van der Waals surface area contributed by atoms with Crippen LogP contribution in [0.2, 0.25) is 0 Å². The second-order valence-corrected chi connectivity index (χ2v) is 18.5. The van der Waals surface area contributed by atoms with Gasteiger partial charge in [-0.05, 0) is 64.2 Å². The van der Waals surface area contributed by atoms with Gasteiger partial charge in [0.2, 0.25) is 5.91 Å². The zero-order valence-electron chi connectivity index (χ0n) is 40.8. The minimum atomic E-state index is -0.952. The van der Waals surface area contributed by atoms with Gasteiger partial charge in [0.1, 0.15) is 0 Å². The number of aliphatic hydroxyl groups excluding tert-OH is 3. The summed E-state index contributed by atoms with van der Waals surface area (Å²) in [5, 5.41) is 33.3. The zero-order chi connectivity index (χ0) is 44.4. The molecule has 0 aromatic rings. The van der Waals surface area contributed by atoms with Crippen molar-refractivity contribution in [1.29, 1.82) is 0 Å². The monoisotopic (exact) mass is 856 g/mol. The molecule has 0 aromatic heterocycles. The van der Waals surface area contributed by atoms with Gasteiger partial charge in [-0.3, -0.25) is 4.79 Å². The molecule has 0 aliphatic carbocycles. The molecule has 358 valence electrons. The van der Waals surface area contributed by atoms with Crippen molar-refractivity contribution in [3.8, 4) is 0 Å². The first-order valence-corrected chi connectivity index (χ1v) is 26.9. The van der Waals surface area contributed by atoms with Crippen molar-refractivity contribution in [2.75, 3.05) is 6.61 Å². The highest BCUT2D eigenvalue weighted by Gasteiger charge is 2.20. The van der Waals surface area contributed by atoms with Gasteiger partial charge in [0.15, 0.2) is 0 Å². The van der Waals surface area contributed by atoms with Gasteiger partial charge in [-0.1, -0.05) is 255 Å². The van der Waals surface area contributed by atoms with Crippen molar-refractivity contribution in [2.24, 2.45) is 0 Å². The predicted octanol–water partition coefficient (Wildman–Crippen LogP) is 16.4. The second-order valence-electron chi connectivity index (χ2n) is 18.5. The van der Waals surface area contributed by atoms with Crippen molar-refractivity contribution in [1.82, 2.24) is 5.32 Å². The fraction of sp³-hybridized carbons (Fsp3) is 0.839. The third-order valence-electron chi connectivity index (χ3n) is 12.3. The first-order valence-electron chi connectivity index (χ1n) is 26.9. The Bertz CT molecular complexity index is 989. The first kappa shape index (κ1) is 59.3. The lowest BCUT2D eigenvalue weighted by atomic mass is 10.0. The van der Waals surface area contributed by atoms with E-state index in [1.807, 2.05) is 6.08 Å². The maximum absolute atomic E-state index is 12.5. The van der Waals surface area contributed by atoms with E-state index in [4.69, 9.17) is 0 Å². The average molecular weight is 856 g/mol. The predicted molar refractivity (Wildman–Crippen MR) is 268 cm³/mol. The largest absolute Gasteiger partial charge is 0.394 e. The number of rotatable bonds is 49. The Labute approximate surface area is 380 Å². The van der Waals surface area contributed by atoms with Crippen molar-refractivity contribution in [2.45, 2.75) is 295 Å². The SMILES string of the molecule is CCCCCCCCCCC/C=C\C/C=C\CCCCCCCCCCCCCCCCCC(O)CC(=O)NC(CO)C(O)/C=C/CC/C=C/CCCCCCCCCCC. The van der Waals surface area contributed by atoms with E-state index in [-0.39, 0.29) is 18.9 Å². The van der Waals surface area contributed by atoms with Crippen LogP contribution in [0.5, 0.6) is 0 Å². The number of unbranched alkanes of at least 4 members (excludes halogenated alkanes) is 34. The molecule has 0 bridgehead atoms. The van der Waals surface area contributed by atoms with Crippen LogP contribution in [0.15, 0.2) is 48.6 Å². The fourth-order valence-electron chi connectivity index (χ4n) is 8.21. The lowest BCUT2D eigenvalue weighted by molar-refractivity contribution is -0.124. The lowest BCUT2D eigenvalue weighted by Crippen LogP contribution is -2.45. The number of nitrogens with one attached hydrogen (secondary N) is 1. The van der Waals surface area contributed by atoms with E-state index >= 15 is 0 Å². The van der Waals surface area contributed by atoms with Crippen LogP contribution < -0.4 is 5.32 Å². The summed E-state index contributed by atoms with van der Waals surface area (Å²) in [4.78, 5) is 12.5. The Morgan fingerprint density at radius 1 is 0.426 bits per heavy atom. The molecule has 0 rings (SSSR count). The smallest absolute Gasteiger partial charge is 0.222 e.